The fourth-order valence-corrected chi connectivity index (χ4v) is 4.63. The summed E-state index contributed by atoms with van der Waals surface area (Å²) in [5, 5.41) is 3.72. The van der Waals surface area contributed by atoms with E-state index in [1.165, 1.54) is 0 Å². The van der Waals surface area contributed by atoms with Crippen LogP contribution in [0.5, 0.6) is 0 Å². The molecule has 1 aliphatic rings. The molecule has 1 amide bonds. The first-order chi connectivity index (χ1) is 17.0. The summed E-state index contributed by atoms with van der Waals surface area (Å²) in [5.74, 6) is -0.362. The summed E-state index contributed by atoms with van der Waals surface area (Å²) in [5.41, 5.74) is 1.50. The van der Waals surface area contributed by atoms with Crippen LogP contribution in [0.2, 0.25) is 0 Å². The van der Waals surface area contributed by atoms with Crippen LogP contribution in [0.4, 0.5) is 29.1 Å². The van der Waals surface area contributed by atoms with Crippen molar-refractivity contribution in [3.8, 4) is 0 Å². The van der Waals surface area contributed by atoms with Gasteiger partial charge in [0.2, 0.25) is 5.91 Å². The molecule has 0 radical (unpaired) electrons. The van der Waals surface area contributed by atoms with Crippen LogP contribution in [0.15, 0.2) is 42.5 Å². The van der Waals surface area contributed by atoms with Crippen LogP contribution in [0.25, 0.3) is 10.9 Å². The fraction of sp³-hybridized carbons (Fsp3) is 0.407. The minimum Gasteiger partial charge on any atom is -0.356 e. The molecule has 0 bridgehead atoms. The number of hydrogen-bond donors (Lipinski definition) is 1. The van der Waals surface area contributed by atoms with Crippen molar-refractivity contribution in [3.05, 3.63) is 65.0 Å². The second kappa shape index (κ2) is 10.4. The Morgan fingerprint density at radius 3 is 2.47 bits per heavy atom. The zero-order valence-electron chi connectivity index (χ0n) is 20.6. The number of halogens is 4. The highest BCUT2D eigenvalue weighted by molar-refractivity contribution is 5.94. The van der Waals surface area contributed by atoms with Gasteiger partial charge in [0.15, 0.2) is 0 Å². The van der Waals surface area contributed by atoms with Gasteiger partial charge in [-0.3, -0.25) is 4.79 Å². The summed E-state index contributed by atoms with van der Waals surface area (Å²) < 4.78 is 52.2. The average Bonchev–Trinajstić information content (AvgIpc) is 2.83. The number of benzene rings is 2. The summed E-state index contributed by atoms with van der Waals surface area (Å²) in [6.07, 6.45) is -2.49. The van der Waals surface area contributed by atoms with Gasteiger partial charge in [0.1, 0.15) is 11.6 Å². The molecule has 0 unspecified atom stereocenters. The van der Waals surface area contributed by atoms with Crippen molar-refractivity contribution in [2.75, 3.05) is 37.4 Å². The van der Waals surface area contributed by atoms with Crippen LogP contribution in [0, 0.1) is 12.7 Å². The zero-order valence-corrected chi connectivity index (χ0v) is 20.6. The molecule has 5 nitrogen and oxygen atoms in total. The van der Waals surface area contributed by atoms with Gasteiger partial charge in [0, 0.05) is 36.6 Å². The van der Waals surface area contributed by atoms with E-state index >= 15 is 0 Å². The molecule has 4 rings (SSSR count). The molecule has 36 heavy (non-hydrogen) atoms. The summed E-state index contributed by atoms with van der Waals surface area (Å²) >= 11 is 0. The van der Waals surface area contributed by atoms with Crippen molar-refractivity contribution in [1.29, 1.82) is 0 Å². The third-order valence-corrected chi connectivity index (χ3v) is 6.81. The monoisotopic (exact) mass is 502 g/mol. The Morgan fingerprint density at radius 2 is 1.83 bits per heavy atom. The molecule has 192 valence electrons. The van der Waals surface area contributed by atoms with E-state index in [9.17, 15) is 22.4 Å². The molecule has 0 atom stereocenters. The highest BCUT2D eigenvalue weighted by Crippen LogP contribution is 2.31. The number of nitrogens with zero attached hydrogens (tertiary/aromatic N) is 3. The van der Waals surface area contributed by atoms with E-state index in [4.69, 9.17) is 4.98 Å². The van der Waals surface area contributed by atoms with E-state index in [1.54, 1.807) is 6.07 Å². The topological polar surface area (TPSA) is 48.5 Å². The zero-order chi connectivity index (χ0) is 26.0. The molecule has 0 spiro atoms. The number of amides is 1. The number of nitrogens with one attached hydrogen (secondary N) is 1. The lowest BCUT2D eigenvalue weighted by Gasteiger charge is -2.36. The minimum absolute atomic E-state index is 0.00214. The molecule has 3 aromatic rings. The van der Waals surface area contributed by atoms with Gasteiger partial charge in [-0.05, 0) is 87.8 Å². The lowest BCUT2D eigenvalue weighted by atomic mass is 10.0. The van der Waals surface area contributed by atoms with E-state index in [-0.39, 0.29) is 24.3 Å². The van der Waals surface area contributed by atoms with Crippen molar-refractivity contribution in [3.63, 3.8) is 0 Å². The SMILES string of the molecule is Cc1cc(N2CCC(N(C)C)CC2)nc2ccc(NC(=O)CCc3ccc(C(F)(F)F)cc3F)cc12. The maximum atomic E-state index is 14.1. The highest BCUT2D eigenvalue weighted by Gasteiger charge is 2.31. The third kappa shape index (κ3) is 5.95. The van der Waals surface area contributed by atoms with Crippen molar-refractivity contribution in [2.24, 2.45) is 0 Å². The quantitative estimate of drug-likeness (QED) is 0.433. The molecular weight excluding hydrogens is 472 g/mol. The van der Waals surface area contributed by atoms with Crippen LogP contribution in [-0.4, -0.2) is 49.0 Å². The average molecular weight is 503 g/mol. The molecular formula is C27H30F4N4O. The molecule has 9 heteroatoms. The largest absolute Gasteiger partial charge is 0.416 e. The Morgan fingerprint density at radius 1 is 1.11 bits per heavy atom. The number of aromatic nitrogens is 1. The number of aryl methyl sites for hydroxylation is 2. The number of hydrogen-bond acceptors (Lipinski definition) is 4. The van der Waals surface area contributed by atoms with Gasteiger partial charge >= 0.3 is 6.18 Å². The van der Waals surface area contributed by atoms with Crippen molar-refractivity contribution in [1.82, 2.24) is 9.88 Å². The van der Waals surface area contributed by atoms with Crippen LogP contribution in [0.3, 0.4) is 0 Å². The number of pyridine rings is 1. The number of alkyl halides is 3. The predicted molar refractivity (Wildman–Crippen MR) is 134 cm³/mol. The van der Waals surface area contributed by atoms with Crippen LogP contribution < -0.4 is 10.2 Å². The first-order valence-electron chi connectivity index (χ1n) is 12.0. The highest BCUT2D eigenvalue weighted by atomic mass is 19.4. The van der Waals surface area contributed by atoms with Gasteiger partial charge in [0.25, 0.3) is 0 Å². The van der Waals surface area contributed by atoms with Gasteiger partial charge in [-0.15, -0.1) is 0 Å². The number of rotatable bonds is 6. The number of fused-ring (bicyclic) bond motifs is 1. The fourth-order valence-electron chi connectivity index (χ4n) is 4.63. The first kappa shape index (κ1) is 25.9. The lowest BCUT2D eigenvalue weighted by Crippen LogP contribution is -2.42. The number of carbonyl (C=O) groups excluding carboxylic acids is 1. The molecule has 2 heterocycles. The molecule has 1 saturated heterocycles. The Balaban J connectivity index is 1.40. The molecule has 0 aliphatic carbocycles. The number of piperidine rings is 1. The van der Waals surface area contributed by atoms with Crippen LogP contribution in [-0.2, 0) is 17.4 Å². The summed E-state index contributed by atoms with van der Waals surface area (Å²) in [7, 11) is 4.23. The van der Waals surface area contributed by atoms with E-state index in [2.05, 4.69) is 35.3 Å². The Labute approximate surface area is 208 Å². The van der Waals surface area contributed by atoms with E-state index < -0.39 is 17.6 Å². The smallest absolute Gasteiger partial charge is 0.356 e. The third-order valence-electron chi connectivity index (χ3n) is 6.81. The Bertz CT molecular complexity index is 1250. The van der Waals surface area contributed by atoms with Gasteiger partial charge < -0.3 is 15.1 Å². The van der Waals surface area contributed by atoms with Crippen molar-refractivity contribution in [2.45, 2.75) is 44.8 Å². The van der Waals surface area contributed by atoms with E-state index in [0.717, 1.165) is 60.3 Å². The molecule has 1 fully saturated rings. The van der Waals surface area contributed by atoms with E-state index in [0.29, 0.717) is 17.8 Å². The second-order valence-corrected chi connectivity index (χ2v) is 9.56. The molecule has 1 aromatic heterocycles. The molecule has 2 aromatic carbocycles. The van der Waals surface area contributed by atoms with Gasteiger partial charge in [-0.1, -0.05) is 6.07 Å². The Hall–Kier alpha value is -3.20. The van der Waals surface area contributed by atoms with Crippen LogP contribution in [0.1, 0.15) is 36.0 Å². The van der Waals surface area contributed by atoms with Crippen molar-refractivity contribution >= 4 is 28.3 Å². The number of anilines is 2. The first-order valence-corrected chi connectivity index (χ1v) is 12.0. The molecule has 1 aliphatic heterocycles. The molecule has 1 N–H and O–H groups in total. The standard InChI is InChI=1S/C27H30F4N4O/c1-17-14-25(35-12-10-21(11-13-35)34(2)3)33-24-8-7-20(16-22(17)24)32-26(36)9-5-18-4-6-19(15-23(18)28)27(29,30)31/h4,6-8,14-16,21H,5,9-13H2,1-3H3,(H,32,36). The Kier molecular flexibility index (Phi) is 7.49. The molecule has 0 saturated carbocycles. The van der Waals surface area contributed by atoms with Gasteiger partial charge in [-0.25, -0.2) is 9.37 Å². The maximum absolute atomic E-state index is 14.1. The minimum atomic E-state index is -4.61. The number of carbonyl (C=O) groups is 1. The summed E-state index contributed by atoms with van der Waals surface area (Å²) in [6.45, 7) is 3.92. The van der Waals surface area contributed by atoms with Crippen LogP contribution >= 0.6 is 0 Å². The summed E-state index contributed by atoms with van der Waals surface area (Å²) in [6, 6.07) is 10.5. The normalized spacial score (nSPS) is 15.1. The second-order valence-electron chi connectivity index (χ2n) is 9.56. The maximum Gasteiger partial charge on any atom is 0.416 e. The van der Waals surface area contributed by atoms with Crippen molar-refractivity contribution < 1.29 is 22.4 Å². The predicted octanol–water partition coefficient (Wildman–Crippen LogP) is 5.80. The van der Waals surface area contributed by atoms with Gasteiger partial charge in [-0.2, -0.15) is 13.2 Å². The van der Waals surface area contributed by atoms with Gasteiger partial charge in [0.05, 0.1) is 11.1 Å². The van der Waals surface area contributed by atoms with E-state index in [1.807, 2.05) is 19.1 Å². The summed E-state index contributed by atoms with van der Waals surface area (Å²) in [4.78, 5) is 21.9. The lowest BCUT2D eigenvalue weighted by molar-refractivity contribution is -0.137.